The highest BCUT2D eigenvalue weighted by Crippen LogP contribution is 2.35. The van der Waals surface area contributed by atoms with E-state index >= 15 is 0 Å². The van der Waals surface area contributed by atoms with Crippen molar-refractivity contribution in [2.75, 3.05) is 13.7 Å². The van der Waals surface area contributed by atoms with Crippen molar-refractivity contribution < 1.29 is 35.9 Å². The molecular weight excluding hydrogens is 569 g/mol. The molecule has 0 spiro atoms. The average Bonchev–Trinajstić information content (AvgIpc) is 2.99. The van der Waals surface area contributed by atoms with Crippen LogP contribution in [0.5, 0.6) is 0 Å². The standard InChI is InChI=1S/C31H25F3N2O5S/c1-41-30(38)26-8-4-5-9-27(26)42(39,40)36-17-16-20-18-21(12-15-24(20)29(36)35)28(37)25-7-3-2-6-23(25)19-10-13-22(14-11-19)31(32,33)34/h2-15,18,29H,16-17,35H2,1H3. The number of rotatable bonds is 6. The minimum atomic E-state index is -4.47. The fraction of sp³-hybridized carbons (Fsp3) is 0.161. The molecule has 0 radical (unpaired) electrons. The zero-order valence-electron chi connectivity index (χ0n) is 22.3. The SMILES string of the molecule is COC(=O)c1ccccc1S(=O)(=O)N1CCc2cc(C(=O)c3ccccc3-c3ccc(C(F)(F)F)cc3)ccc2C1N. The second-order valence-electron chi connectivity index (χ2n) is 9.66. The summed E-state index contributed by atoms with van der Waals surface area (Å²) in [5, 5.41) is 0. The van der Waals surface area contributed by atoms with Gasteiger partial charge in [0, 0.05) is 17.7 Å². The van der Waals surface area contributed by atoms with Crippen LogP contribution in [0.1, 0.15) is 49.1 Å². The molecule has 0 bridgehead atoms. The Balaban J connectivity index is 1.45. The Morgan fingerprint density at radius 1 is 0.905 bits per heavy atom. The number of methoxy groups -OCH3 is 1. The Hall–Kier alpha value is -4.32. The summed E-state index contributed by atoms with van der Waals surface area (Å²) in [6.07, 6.45) is -5.30. The summed E-state index contributed by atoms with van der Waals surface area (Å²) in [4.78, 5) is 25.6. The number of fused-ring (bicyclic) bond motifs is 1. The quantitative estimate of drug-likeness (QED) is 0.230. The van der Waals surface area contributed by atoms with Crippen LogP contribution in [-0.2, 0) is 27.4 Å². The van der Waals surface area contributed by atoms with Gasteiger partial charge in [-0.1, -0.05) is 60.7 Å². The maximum absolute atomic E-state index is 13.6. The number of carbonyl (C=O) groups excluding carboxylic acids is 2. The van der Waals surface area contributed by atoms with E-state index in [1.54, 1.807) is 42.5 Å². The maximum atomic E-state index is 13.6. The highest BCUT2D eigenvalue weighted by Gasteiger charge is 2.37. The molecular formula is C31H25F3N2O5S. The van der Waals surface area contributed by atoms with Crippen molar-refractivity contribution in [1.82, 2.24) is 4.31 Å². The second-order valence-corrected chi connectivity index (χ2v) is 11.5. The zero-order valence-corrected chi connectivity index (χ0v) is 23.1. The second kappa shape index (κ2) is 11.2. The van der Waals surface area contributed by atoms with Gasteiger partial charge in [0.2, 0.25) is 10.0 Å². The Morgan fingerprint density at radius 2 is 1.55 bits per heavy atom. The summed E-state index contributed by atoms with van der Waals surface area (Å²) in [6.45, 7) is 0.00575. The van der Waals surface area contributed by atoms with Gasteiger partial charge in [-0.2, -0.15) is 17.5 Å². The van der Waals surface area contributed by atoms with Crippen molar-refractivity contribution in [2.45, 2.75) is 23.7 Å². The number of carbonyl (C=O) groups is 2. The molecule has 0 saturated carbocycles. The summed E-state index contributed by atoms with van der Waals surface area (Å²) in [7, 11) is -3.03. The van der Waals surface area contributed by atoms with Gasteiger partial charge in [-0.05, 0) is 59.0 Å². The van der Waals surface area contributed by atoms with E-state index < -0.39 is 33.9 Å². The monoisotopic (exact) mass is 594 g/mol. The molecule has 1 heterocycles. The van der Waals surface area contributed by atoms with Gasteiger partial charge in [-0.15, -0.1) is 0 Å². The molecule has 216 valence electrons. The lowest BCUT2D eigenvalue weighted by atomic mass is 9.90. The van der Waals surface area contributed by atoms with Crippen LogP contribution in [0.15, 0.2) is 95.9 Å². The van der Waals surface area contributed by atoms with Gasteiger partial charge < -0.3 is 10.5 Å². The average molecular weight is 595 g/mol. The summed E-state index contributed by atoms with van der Waals surface area (Å²) >= 11 is 0. The van der Waals surface area contributed by atoms with E-state index in [1.165, 1.54) is 36.4 Å². The number of sulfonamides is 1. The number of hydrogen-bond acceptors (Lipinski definition) is 6. The number of hydrogen-bond donors (Lipinski definition) is 1. The Kier molecular flexibility index (Phi) is 7.76. The highest BCUT2D eigenvalue weighted by molar-refractivity contribution is 7.89. The number of esters is 1. The predicted molar refractivity (Wildman–Crippen MR) is 149 cm³/mol. The number of ether oxygens (including phenoxy) is 1. The normalized spacial score (nSPS) is 15.6. The molecule has 1 aliphatic rings. The molecule has 0 aromatic heterocycles. The van der Waals surface area contributed by atoms with Crippen LogP contribution in [0.2, 0.25) is 0 Å². The Bertz CT molecular complexity index is 1790. The molecule has 1 atom stereocenters. The molecule has 2 N–H and O–H groups in total. The van der Waals surface area contributed by atoms with Gasteiger partial charge in [0.15, 0.2) is 5.78 Å². The van der Waals surface area contributed by atoms with Gasteiger partial charge in [0.25, 0.3) is 0 Å². The molecule has 11 heteroatoms. The third-order valence-corrected chi connectivity index (χ3v) is 9.15. The van der Waals surface area contributed by atoms with E-state index in [2.05, 4.69) is 0 Å². The van der Waals surface area contributed by atoms with Gasteiger partial charge in [0.1, 0.15) is 0 Å². The number of halogens is 3. The van der Waals surface area contributed by atoms with Gasteiger partial charge in [-0.25, -0.2) is 13.2 Å². The summed E-state index contributed by atoms with van der Waals surface area (Å²) in [6, 6.07) is 21.8. The molecule has 4 aromatic carbocycles. The van der Waals surface area contributed by atoms with Crippen LogP contribution in [0, 0.1) is 0 Å². The molecule has 1 aliphatic heterocycles. The van der Waals surface area contributed by atoms with Crippen LogP contribution < -0.4 is 5.73 Å². The van der Waals surface area contributed by atoms with Crippen LogP contribution in [0.25, 0.3) is 11.1 Å². The fourth-order valence-corrected chi connectivity index (χ4v) is 6.75. The molecule has 7 nitrogen and oxygen atoms in total. The number of benzene rings is 4. The van der Waals surface area contributed by atoms with E-state index in [0.717, 1.165) is 23.5 Å². The predicted octanol–water partition coefficient (Wildman–Crippen LogP) is 5.59. The Labute approximate surface area is 240 Å². The van der Waals surface area contributed by atoms with Crippen molar-refractivity contribution >= 4 is 21.8 Å². The summed E-state index contributed by atoms with van der Waals surface area (Å²) < 4.78 is 72.1. The lowest BCUT2D eigenvalue weighted by Gasteiger charge is -2.34. The summed E-state index contributed by atoms with van der Waals surface area (Å²) in [5.74, 6) is -1.14. The first-order chi connectivity index (χ1) is 19.9. The zero-order chi connectivity index (χ0) is 30.2. The Morgan fingerprint density at radius 3 is 2.21 bits per heavy atom. The minimum absolute atomic E-state index is 0.00575. The molecule has 4 aromatic rings. The first-order valence-electron chi connectivity index (χ1n) is 12.8. The highest BCUT2D eigenvalue weighted by atomic mass is 32.2. The lowest BCUT2D eigenvalue weighted by molar-refractivity contribution is -0.137. The number of nitrogens with zero attached hydrogens (tertiary/aromatic N) is 1. The molecule has 0 amide bonds. The molecule has 0 aliphatic carbocycles. The van der Waals surface area contributed by atoms with Gasteiger partial charge in [0.05, 0.1) is 29.3 Å². The van der Waals surface area contributed by atoms with Gasteiger partial charge in [-0.3, -0.25) is 4.79 Å². The fourth-order valence-electron chi connectivity index (χ4n) is 5.07. The molecule has 0 saturated heterocycles. The van der Waals surface area contributed by atoms with E-state index in [1.807, 2.05) is 0 Å². The number of alkyl halides is 3. The maximum Gasteiger partial charge on any atom is 0.416 e. The van der Waals surface area contributed by atoms with Crippen molar-refractivity contribution in [3.05, 3.63) is 124 Å². The smallest absolute Gasteiger partial charge is 0.416 e. The van der Waals surface area contributed by atoms with Crippen molar-refractivity contribution in [2.24, 2.45) is 5.73 Å². The molecule has 1 unspecified atom stereocenters. The van der Waals surface area contributed by atoms with E-state index in [-0.39, 0.29) is 29.2 Å². The van der Waals surface area contributed by atoms with E-state index in [4.69, 9.17) is 10.5 Å². The van der Waals surface area contributed by atoms with Crippen LogP contribution >= 0.6 is 0 Å². The molecule has 0 fully saturated rings. The van der Waals surface area contributed by atoms with Crippen molar-refractivity contribution in [1.29, 1.82) is 0 Å². The van der Waals surface area contributed by atoms with Crippen LogP contribution in [0.4, 0.5) is 13.2 Å². The lowest BCUT2D eigenvalue weighted by Crippen LogP contribution is -2.44. The summed E-state index contributed by atoms with van der Waals surface area (Å²) in [5.41, 5.74) is 8.29. The van der Waals surface area contributed by atoms with E-state index in [9.17, 15) is 31.2 Å². The van der Waals surface area contributed by atoms with E-state index in [0.29, 0.717) is 33.4 Å². The first kappa shape index (κ1) is 29.2. The van der Waals surface area contributed by atoms with Crippen molar-refractivity contribution in [3.63, 3.8) is 0 Å². The largest absolute Gasteiger partial charge is 0.465 e. The molecule has 42 heavy (non-hydrogen) atoms. The van der Waals surface area contributed by atoms with Crippen LogP contribution in [-0.4, -0.2) is 38.1 Å². The third-order valence-electron chi connectivity index (χ3n) is 7.21. The van der Waals surface area contributed by atoms with Crippen LogP contribution in [0.3, 0.4) is 0 Å². The molecule has 5 rings (SSSR count). The van der Waals surface area contributed by atoms with Gasteiger partial charge >= 0.3 is 12.1 Å². The van der Waals surface area contributed by atoms with Crippen molar-refractivity contribution in [3.8, 4) is 11.1 Å². The minimum Gasteiger partial charge on any atom is -0.465 e. The first-order valence-corrected chi connectivity index (χ1v) is 14.3. The number of nitrogens with two attached hydrogens (primary N) is 1. The topological polar surface area (TPSA) is 107 Å². The number of ketones is 1. The third kappa shape index (κ3) is 5.34.